The van der Waals surface area contributed by atoms with Gasteiger partial charge >= 0.3 is 29.6 Å². The molecule has 5 nitrogen and oxygen atoms in total. The van der Waals surface area contributed by atoms with E-state index in [1.54, 1.807) is 18.2 Å². The number of hydrazine groups is 1. The quantitative estimate of drug-likeness (QED) is 0.429. The fourth-order valence-corrected chi connectivity index (χ4v) is 2.08. The molecule has 0 aliphatic heterocycles. The van der Waals surface area contributed by atoms with Crippen molar-refractivity contribution in [2.45, 2.75) is 4.90 Å². The van der Waals surface area contributed by atoms with E-state index in [4.69, 9.17) is 0 Å². The molecule has 0 atom stereocenters. The Labute approximate surface area is 134 Å². The first-order chi connectivity index (χ1) is 8.57. The Bertz CT molecular complexity index is 632. The Kier molecular flexibility index (Phi) is 5.84. The average molecular weight is 286 g/mol. The fourth-order valence-electron chi connectivity index (χ4n) is 1.45. The van der Waals surface area contributed by atoms with Crippen LogP contribution in [-0.2, 0) is 10.1 Å². The fraction of sp³-hybridized carbons (Fsp3) is 0. The zero-order chi connectivity index (χ0) is 13.0. The molecule has 0 bridgehead atoms. The van der Waals surface area contributed by atoms with Crippen LogP contribution < -0.4 is 40.4 Å². The van der Waals surface area contributed by atoms with Crippen molar-refractivity contribution in [3.8, 4) is 0 Å². The van der Waals surface area contributed by atoms with E-state index in [1.165, 1.54) is 18.2 Å². The molecule has 2 rings (SSSR count). The standard InChI is InChI=1S/C12H12N2O3S.Na/c15-18(16,17)12-9-5-4-8-11(12)14-13-10-6-2-1-3-7-10;/h1-9,13-14H,(H,15,16,17);/q;+1/p-1. The van der Waals surface area contributed by atoms with Gasteiger partial charge in [0.2, 0.25) is 0 Å². The van der Waals surface area contributed by atoms with Gasteiger partial charge in [-0.05, 0) is 24.3 Å². The van der Waals surface area contributed by atoms with Gasteiger partial charge in [-0.2, -0.15) is 0 Å². The second-order valence-electron chi connectivity index (χ2n) is 3.57. The Morgan fingerprint density at radius 2 is 1.42 bits per heavy atom. The number of hydrogen-bond donors (Lipinski definition) is 2. The number of hydrogen-bond acceptors (Lipinski definition) is 5. The molecule has 0 spiro atoms. The summed E-state index contributed by atoms with van der Waals surface area (Å²) in [7, 11) is -4.49. The van der Waals surface area contributed by atoms with Gasteiger partial charge in [0, 0.05) is 0 Å². The molecule has 2 N–H and O–H groups in total. The summed E-state index contributed by atoms with van der Waals surface area (Å²) in [6.07, 6.45) is 0. The van der Waals surface area contributed by atoms with Gasteiger partial charge in [-0.25, -0.2) is 8.42 Å². The molecule has 0 aliphatic carbocycles. The van der Waals surface area contributed by atoms with E-state index < -0.39 is 10.1 Å². The molecule has 0 saturated heterocycles. The molecule has 0 radical (unpaired) electrons. The van der Waals surface area contributed by atoms with Crippen molar-refractivity contribution in [1.29, 1.82) is 0 Å². The van der Waals surface area contributed by atoms with Crippen LogP contribution in [0.4, 0.5) is 11.4 Å². The maximum absolute atomic E-state index is 11.0. The first kappa shape index (κ1) is 16.0. The molecular formula is C12H11N2NaO3S. The first-order valence-corrected chi connectivity index (χ1v) is 6.60. The smallest absolute Gasteiger partial charge is 0.744 e. The number of nitrogens with one attached hydrogen (secondary N) is 2. The van der Waals surface area contributed by atoms with Gasteiger partial charge in [0.05, 0.1) is 16.3 Å². The van der Waals surface area contributed by atoms with Crippen molar-refractivity contribution in [1.82, 2.24) is 0 Å². The summed E-state index contributed by atoms with van der Waals surface area (Å²) in [6, 6.07) is 15.1. The molecule has 0 aromatic heterocycles. The van der Waals surface area contributed by atoms with E-state index in [2.05, 4.69) is 10.9 Å². The maximum atomic E-state index is 11.0. The van der Waals surface area contributed by atoms with Gasteiger partial charge < -0.3 is 9.98 Å². The summed E-state index contributed by atoms with van der Waals surface area (Å²) >= 11 is 0. The van der Waals surface area contributed by atoms with Crippen LogP contribution in [-0.4, -0.2) is 13.0 Å². The van der Waals surface area contributed by atoms with Gasteiger partial charge in [-0.3, -0.25) is 5.43 Å². The molecule has 0 aliphatic rings. The van der Waals surface area contributed by atoms with Gasteiger partial charge in [-0.15, -0.1) is 0 Å². The number of rotatable bonds is 4. The predicted octanol–water partition coefficient (Wildman–Crippen LogP) is -0.966. The van der Waals surface area contributed by atoms with Crippen LogP contribution in [0.15, 0.2) is 59.5 Å². The summed E-state index contributed by atoms with van der Waals surface area (Å²) in [5.74, 6) is 0. The third-order valence-corrected chi connectivity index (χ3v) is 3.17. The minimum absolute atomic E-state index is 0. The second-order valence-corrected chi connectivity index (χ2v) is 4.91. The summed E-state index contributed by atoms with van der Waals surface area (Å²) in [5, 5.41) is 0. The minimum atomic E-state index is -4.49. The van der Waals surface area contributed by atoms with Gasteiger partial charge in [0.15, 0.2) is 0 Å². The Morgan fingerprint density at radius 3 is 2.05 bits per heavy atom. The van der Waals surface area contributed by atoms with Crippen LogP contribution in [0.1, 0.15) is 0 Å². The molecule has 0 heterocycles. The van der Waals surface area contributed by atoms with Crippen LogP contribution >= 0.6 is 0 Å². The van der Waals surface area contributed by atoms with E-state index in [0.29, 0.717) is 0 Å². The molecule has 2 aromatic rings. The normalized spacial score (nSPS) is 10.4. The van der Waals surface area contributed by atoms with Crippen molar-refractivity contribution in [2.24, 2.45) is 0 Å². The number of para-hydroxylation sites is 2. The first-order valence-electron chi connectivity index (χ1n) is 5.19. The zero-order valence-corrected chi connectivity index (χ0v) is 13.1. The molecule has 19 heavy (non-hydrogen) atoms. The summed E-state index contributed by atoms with van der Waals surface area (Å²) in [5.41, 5.74) is 6.51. The van der Waals surface area contributed by atoms with Gasteiger partial charge in [0.1, 0.15) is 10.1 Å². The molecule has 7 heteroatoms. The van der Waals surface area contributed by atoms with Crippen LogP contribution in [0.5, 0.6) is 0 Å². The predicted molar refractivity (Wildman–Crippen MR) is 68.1 cm³/mol. The van der Waals surface area contributed by atoms with Crippen LogP contribution in [0, 0.1) is 0 Å². The summed E-state index contributed by atoms with van der Waals surface area (Å²) < 4.78 is 33.1. The topological polar surface area (TPSA) is 81.3 Å². The van der Waals surface area contributed by atoms with Gasteiger partial charge in [0.25, 0.3) is 0 Å². The Morgan fingerprint density at radius 1 is 0.842 bits per heavy atom. The third kappa shape index (κ3) is 4.52. The monoisotopic (exact) mass is 286 g/mol. The molecule has 0 saturated carbocycles. The maximum Gasteiger partial charge on any atom is 1.00 e. The van der Waals surface area contributed by atoms with Crippen LogP contribution in [0.3, 0.4) is 0 Å². The van der Waals surface area contributed by atoms with Crippen molar-refractivity contribution in [3.63, 3.8) is 0 Å². The van der Waals surface area contributed by atoms with Gasteiger partial charge in [-0.1, -0.05) is 30.3 Å². The number of anilines is 2. The number of benzene rings is 2. The molecule has 0 amide bonds. The van der Waals surface area contributed by atoms with Crippen molar-refractivity contribution in [3.05, 3.63) is 54.6 Å². The van der Waals surface area contributed by atoms with E-state index in [9.17, 15) is 13.0 Å². The molecule has 2 aromatic carbocycles. The molecule has 0 fully saturated rings. The van der Waals surface area contributed by atoms with Crippen molar-refractivity contribution >= 4 is 21.5 Å². The summed E-state index contributed by atoms with van der Waals surface area (Å²) in [4.78, 5) is -0.284. The Hall–Kier alpha value is -1.05. The van der Waals surface area contributed by atoms with E-state index >= 15 is 0 Å². The molecular weight excluding hydrogens is 275 g/mol. The van der Waals surface area contributed by atoms with E-state index in [1.807, 2.05) is 18.2 Å². The Balaban J connectivity index is 0.00000180. The average Bonchev–Trinajstić information content (AvgIpc) is 2.37. The van der Waals surface area contributed by atoms with Crippen LogP contribution in [0.2, 0.25) is 0 Å². The van der Waals surface area contributed by atoms with Crippen LogP contribution in [0.25, 0.3) is 0 Å². The minimum Gasteiger partial charge on any atom is -0.744 e. The summed E-state index contributed by atoms with van der Waals surface area (Å²) in [6.45, 7) is 0. The van der Waals surface area contributed by atoms with Crippen molar-refractivity contribution in [2.75, 3.05) is 10.9 Å². The molecule has 0 unspecified atom stereocenters. The largest absolute Gasteiger partial charge is 1.00 e. The third-order valence-electron chi connectivity index (χ3n) is 2.27. The van der Waals surface area contributed by atoms with E-state index in [-0.39, 0.29) is 40.1 Å². The van der Waals surface area contributed by atoms with Crippen molar-refractivity contribution < 1.29 is 42.5 Å². The zero-order valence-electron chi connectivity index (χ0n) is 10.3. The SMILES string of the molecule is O=S(=O)([O-])c1ccccc1NNc1ccccc1.[Na+]. The second kappa shape index (κ2) is 6.93. The van der Waals surface area contributed by atoms with E-state index in [0.717, 1.165) is 5.69 Å². The molecule has 94 valence electrons.